The predicted molar refractivity (Wildman–Crippen MR) is 95.8 cm³/mol. The maximum atomic E-state index is 14.2. The van der Waals surface area contributed by atoms with Crippen LogP contribution in [0.1, 0.15) is 20.7 Å². The largest absolute Gasteiger partial charge is 0.439 e. The maximum absolute atomic E-state index is 14.2. The van der Waals surface area contributed by atoms with Crippen molar-refractivity contribution >= 4 is 40.7 Å². The zero-order valence-electron chi connectivity index (χ0n) is 15.0. The van der Waals surface area contributed by atoms with E-state index in [-0.39, 0.29) is 0 Å². The number of carbonyl (C=O) groups is 2. The highest BCUT2D eigenvalue weighted by molar-refractivity contribution is 6.36. The Morgan fingerprint density at radius 2 is 1.62 bits per heavy atom. The molecular weight excluding hydrogens is 503 g/mol. The highest BCUT2D eigenvalue weighted by Gasteiger charge is 2.59. The number of carbonyl (C=O) groups excluding carboxylic acids is 2. The first-order valence-electron chi connectivity index (χ1n) is 7.92. The first-order valence-corrected chi connectivity index (χ1v) is 8.67. The Hall–Kier alpha value is -2.80. The number of nitrogens with two attached hydrogens (primary N) is 1. The molecule has 0 aliphatic carbocycles. The summed E-state index contributed by atoms with van der Waals surface area (Å²) in [6.07, 6.45) is -16.0. The Balaban J connectivity index is 2.33. The van der Waals surface area contributed by atoms with E-state index in [0.29, 0.717) is 24.3 Å². The fraction of sp³-hybridized carbons (Fsp3) is 0.176. The van der Waals surface area contributed by atoms with Gasteiger partial charge in [0.15, 0.2) is 5.82 Å². The quantitative estimate of drug-likeness (QED) is 0.504. The minimum absolute atomic E-state index is 0.437. The maximum Gasteiger partial charge on any atom is 0.439 e. The fourth-order valence-corrected chi connectivity index (χ4v) is 2.64. The molecular formula is C17H8Cl2F8N2O3. The molecule has 0 bridgehead atoms. The molecule has 15 heteroatoms. The van der Waals surface area contributed by atoms with Crippen LogP contribution in [0, 0.1) is 11.6 Å². The molecule has 1 unspecified atom stereocenters. The molecule has 0 aromatic heterocycles. The molecule has 3 N–H and O–H groups in total. The molecule has 5 nitrogen and oxygen atoms in total. The molecule has 2 aromatic rings. The minimum Gasteiger partial charge on any atom is -0.428 e. The van der Waals surface area contributed by atoms with Gasteiger partial charge in [-0.2, -0.15) is 22.0 Å². The summed E-state index contributed by atoms with van der Waals surface area (Å²) in [4.78, 5) is 23.4. The van der Waals surface area contributed by atoms with Crippen LogP contribution < -0.4 is 15.8 Å². The average Bonchev–Trinajstić information content (AvgIpc) is 2.63. The lowest BCUT2D eigenvalue weighted by Crippen LogP contribution is -2.45. The van der Waals surface area contributed by atoms with Crippen LogP contribution in [0.15, 0.2) is 24.3 Å². The Labute approximate surface area is 183 Å². The third-order valence-corrected chi connectivity index (χ3v) is 4.29. The predicted octanol–water partition coefficient (Wildman–Crippen LogP) is 5.49. The van der Waals surface area contributed by atoms with Crippen molar-refractivity contribution in [2.45, 2.75) is 18.5 Å². The van der Waals surface area contributed by atoms with Crippen LogP contribution in [0.25, 0.3) is 0 Å². The Morgan fingerprint density at radius 1 is 1.03 bits per heavy atom. The van der Waals surface area contributed by atoms with Crippen LogP contribution in [0.5, 0.6) is 5.75 Å². The number of hydrogen-bond donors (Lipinski definition) is 2. The second kappa shape index (κ2) is 8.98. The second-order valence-electron chi connectivity index (χ2n) is 5.93. The van der Waals surface area contributed by atoms with Gasteiger partial charge in [-0.1, -0.05) is 23.2 Å². The van der Waals surface area contributed by atoms with Gasteiger partial charge in [-0.3, -0.25) is 9.59 Å². The Morgan fingerprint density at radius 3 is 2.16 bits per heavy atom. The topological polar surface area (TPSA) is 81.4 Å². The van der Waals surface area contributed by atoms with E-state index in [1.807, 2.05) is 5.32 Å². The number of rotatable bonds is 6. The summed E-state index contributed by atoms with van der Waals surface area (Å²) in [6, 6.07) is 2.29. The van der Waals surface area contributed by atoms with E-state index in [2.05, 4.69) is 4.74 Å². The molecule has 32 heavy (non-hydrogen) atoms. The van der Waals surface area contributed by atoms with E-state index < -0.39 is 74.5 Å². The highest BCUT2D eigenvalue weighted by Crippen LogP contribution is 2.41. The van der Waals surface area contributed by atoms with Crippen LogP contribution in [0.2, 0.25) is 10.0 Å². The number of nitrogens with one attached hydrogen (secondary N) is 1. The van der Waals surface area contributed by atoms with Crippen molar-refractivity contribution in [3.63, 3.8) is 0 Å². The molecule has 0 radical (unpaired) electrons. The SMILES string of the molecule is NC(=O)c1c(F)ccc(C(=O)Nc2cc(Cl)c(OC(F)(F)C(F)C(F)(F)F)cc2Cl)c1F. The molecule has 2 aromatic carbocycles. The Bertz CT molecular complexity index is 1080. The van der Waals surface area contributed by atoms with Crippen LogP contribution in [-0.2, 0) is 0 Å². The molecule has 0 saturated carbocycles. The summed E-state index contributed by atoms with van der Waals surface area (Å²) in [7, 11) is 0. The Kier molecular flexibility index (Phi) is 7.15. The molecule has 0 fully saturated rings. The van der Waals surface area contributed by atoms with Crippen LogP contribution in [-0.4, -0.2) is 30.3 Å². The van der Waals surface area contributed by atoms with E-state index in [9.17, 15) is 44.7 Å². The molecule has 2 amide bonds. The number of ether oxygens (including phenoxy) is 1. The third kappa shape index (κ3) is 5.33. The fourth-order valence-electron chi connectivity index (χ4n) is 2.23. The number of benzene rings is 2. The van der Waals surface area contributed by atoms with Crippen molar-refractivity contribution in [3.05, 3.63) is 57.1 Å². The van der Waals surface area contributed by atoms with Crippen LogP contribution in [0.4, 0.5) is 40.8 Å². The van der Waals surface area contributed by atoms with Gasteiger partial charge in [0.2, 0.25) is 0 Å². The molecule has 0 saturated heterocycles. The lowest BCUT2D eigenvalue weighted by Gasteiger charge is -2.24. The summed E-state index contributed by atoms with van der Waals surface area (Å²) >= 11 is 11.4. The van der Waals surface area contributed by atoms with Crippen molar-refractivity contribution in [2.24, 2.45) is 5.73 Å². The van der Waals surface area contributed by atoms with Crippen molar-refractivity contribution in [2.75, 3.05) is 5.32 Å². The summed E-state index contributed by atoms with van der Waals surface area (Å²) in [5.74, 6) is -6.96. The number of anilines is 1. The van der Waals surface area contributed by atoms with Crippen LogP contribution >= 0.6 is 23.2 Å². The lowest BCUT2D eigenvalue weighted by atomic mass is 10.1. The number of amides is 2. The second-order valence-corrected chi connectivity index (χ2v) is 6.75. The van der Waals surface area contributed by atoms with Gasteiger partial charge in [0, 0.05) is 6.07 Å². The molecule has 0 aliphatic heterocycles. The molecule has 1 atom stereocenters. The minimum atomic E-state index is -5.95. The van der Waals surface area contributed by atoms with E-state index >= 15 is 0 Å². The molecule has 2 rings (SSSR count). The van der Waals surface area contributed by atoms with Gasteiger partial charge in [-0.25, -0.2) is 13.2 Å². The zero-order valence-corrected chi connectivity index (χ0v) is 16.5. The van der Waals surface area contributed by atoms with Gasteiger partial charge in [0.25, 0.3) is 18.0 Å². The number of alkyl halides is 6. The van der Waals surface area contributed by atoms with E-state index in [4.69, 9.17) is 28.9 Å². The number of hydrogen-bond acceptors (Lipinski definition) is 3. The summed E-state index contributed by atoms with van der Waals surface area (Å²) in [5.41, 5.74) is 2.28. The van der Waals surface area contributed by atoms with Gasteiger partial charge in [0.05, 0.1) is 21.3 Å². The molecule has 0 spiro atoms. The molecule has 0 aliphatic rings. The standard InChI is InChI=1S/C17H8Cl2F8N2O3/c18-6-4-10(32-17(26,27)15(22)16(23,24)25)7(19)3-9(6)29-14(31)5-1-2-8(20)11(12(5)21)13(28)30/h1-4,15H,(H2,28,30)(H,29,31). The zero-order chi connectivity index (χ0) is 24.6. The van der Waals surface area contributed by atoms with E-state index in [0.717, 1.165) is 0 Å². The van der Waals surface area contributed by atoms with Gasteiger partial charge in [0.1, 0.15) is 17.1 Å². The number of primary amides is 1. The average molecular weight is 511 g/mol. The van der Waals surface area contributed by atoms with Crippen molar-refractivity contribution in [1.29, 1.82) is 0 Å². The van der Waals surface area contributed by atoms with Gasteiger partial charge < -0.3 is 15.8 Å². The molecule has 0 heterocycles. The molecule has 174 valence electrons. The van der Waals surface area contributed by atoms with Gasteiger partial charge >= 0.3 is 12.3 Å². The first-order chi connectivity index (χ1) is 14.6. The van der Waals surface area contributed by atoms with E-state index in [1.165, 1.54) is 0 Å². The first kappa shape index (κ1) is 25.5. The highest BCUT2D eigenvalue weighted by atomic mass is 35.5. The van der Waals surface area contributed by atoms with Crippen molar-refractivity contribution < 1.29 is 49.4 Å². The number of halogens is 10. The van der Waals surface area contributed by atoms with Crippen molar-refractivity contribution in [3.8, 4) is 5.75 Å². The third-order valence-electron chi connectivity index (χ3n) is 3.68. The normalized spacial score (nSPS) is 12.9. The summed E-state index contributed by atoms with van der Waals surface area (Å²) < 4.78 is 108. The smallest absolute Gasteiger partial charge is 0.428 e. The van der Waals surface area contributed by atoms with Gasteiger partial charge in [-0.05, 0) is 18.2 Å². The monoisotopic (exact) mass is 510 g/mol. The van der Waals surface area contributed by atoms with Crippen LogP contribution in [0.3, 0.4) is 0 Å². The summed E-state index contributed by atoms with van der Waals surface area (Å²) in [6.45, 7) is 0. The summed E-state index contributed by atoms with van der Waals surface area (Å²) in [5, 5.41) is 0.482. The lowest BCUT2D eigenvalue weighted by molar-refractivity contribution is -0.304. The van der Waals surface area contributed by atoms with Gasteiger partial charge in [-0.15, -0.1) is 0 Å². The van der Waals surface area contributed by atoms with Crippen molar-refractivity contribution in [1.82, 2.24) is 0 Å². The van der Waals surface area contributed by atoms with E-state index in [1.54, 1.807) is 0 Å².